The summed E-state index contributed by atoms with van der Waals surface area (Å²) in [5, 5.41) is 0.886. The number of aliphatic imine (C=N–C) groups is 1. The van der Waals surface area contributed by atoms with Crippen molar-refractivity contribution in [1.82, 2.24) is 0 Å². The lowest BCUT2D eigenvalue weighted by molar-refractivity contribution is -0.121. The van der Waals surface area contributed by atoms with E-state index in [0.717, 1.165) is 22.7 Å². The molecule has 21 heavy (non-hydrogen) atoms. The van der Waals surface area contributed by atoms with E-state index in [2.05, 4.69) is 4.99 Å². The van der Waals surface area contributed by atoms with Gasteiger partial charge < -0.3 is 4.74 Å². The van der Waals surface area contributed by atoms with E-state index in [-0.39, 0.29) is 5.91 Å². The average Bonchev–Trinajstić information content (AvgIpc) is 3.03. The van der Waals surface area contributed by atoms with Crippen molar-refractivity contribution in [2.45, 2.75) is 13.3 Å². The molecule has 0 N–H and O–H groups in total. The smallest absolute Gasteiger partial charge is 0.250 e. The van der Waals surface area contributed by atoms with E-state index in [1.54, 1.807) is 23.8 Å². The Morgan fingerprint density at radius 3 is 2.67 bits per heavy atom. The van der Waals surface area contributed by atoms with Crippen LogP contribution in [0.5, 0.6) is 0 Å². The van der Waals surface area contributed by atoms with Gasteiger partial charge in [-0.15, -0.1) is 11.8 Å². The lowest BCUT2D eigenvalue weighted by atomic mass is 9.88. The van der Waals surface area contributed by atoms with Crippen LogP contribution in [0.4, 0.5) is 5.69 Å². The Labute approximate surface area is 128 Å². The van der Waals surface area contributed by atoms with Crippen LogP contribution < -0.4 is 4.90 Å². The summed E-state index contributed by atoms with van der Waals surface area (Å²) in [6.45, 7) is 2.72. The van der Waals surface area contributed by atoms with E-state index < -0.39 is 5.41 Å². The van der Waals surface area contributed by atoms with Gasteiger partial charge in [-0.3, -0.25) is 14.7 Å². The molecule has 3 rings (SSSR count). The van der Waals surface area contributed by atoms with Gasteiger partial charge in [-0.1, -0.05) is 17.7 Å². The molecule has 0 bridgehead atoms. The number of rotatable bonds is 2. The molecule has 5 heteroatoms. The second-order valence-corrected chi connectivity index (χ2v) is 6.07. The van der Waals surface area contributed by atoms with E-state index in [0.29, 0.717) is 12.4 Å². The molecule has 0 saturated carbocycles. The number of hydrogen-bond acceptors (Lipinski definition) is 4. The molecule has 0 saturated heterocycles. The Bertz CT molecular complexity index is 636. The highest BCUT2D eigenvalue weighted by Crippen LogP contribution is 2.45. The Morgan fingerprint density at radius 1 is 1.33 bits per heavy atom. The third kappa shape index (κ3) is 2.07. The van der Waals surface area contributed by atoms with Gasteiger partial charge in [0.05, 0.1) is 17.8 Å². The predicted octanol–water partition coefficient (Wildman–Crippen LogP) is 2.98. The molecule has 110 valence electrons. The maximum atomic E-state index is 13.1. The maximum Gasteiger partial charge on any atom is 0.250 e. The van der Waals surface area contributed by atoms with Crippen molar-refractivity contribution >= 4 is 28.4 Å². The molecule has 1 unspecified atom stereocenters. The molecular weight excluding hydrogens is 284 g/mol. The van der Waals surface area contributed by atoms with Crippen LogP contribution in [-0.4, -0.2) is 30.9 Å². The normalized spacial score (nSPS) is 24.5. The van der Waals surface area contributed by atoms with Gasteiger partial charge >= 0.3 is 0 Å². The Hall–Kier alpha value is -1.75. The van der Waals surface area contributed by atoms with Gasteiger partial charge in [0.2, 0.25) is 0 Å². The number of thioether (sulfide) groups is 1. The van der Waals surface area contributed by atoms with Crippen molar-refractivity contribution < 1.29 is 9.53 Å². The molecule has 0 aliphatic carbocycles. The van der Waals surface area contributed by atoms with Crippen molar-refractivity contribution in [2.75, 3.05) is 24.8 Å². The van der Waals surface area contributed by atoms with Gasteiger partial charge in [0.15, 0.2) is 5.88 Å². The number of carbonyl (C=O) groups excluding carboxylic acids is 1. The van der Waals surface area contributed by atoms with Crippen molar-refractivity contribution in [3.05, 3.63) is 41.8 Å². The number of carbonyl (C=O) groups is 1. The first-order valence-electron chi connectivity index (χ1n) is 6.89. The van der Waals surface area contributed by atoms with Gasteiger partial charge in [-0.05, 0) is 37.8 Å². The number of methoxy groups -OCH3 is 1. The van der Waals surface area contributed by atoms with Crippen LogP contribution in [-0.2, 0) is 9.53 Å². The Morgan fingerprint density at radius 2 is 2.05 bits per heavy atom. The molecule has 2 aliphatic rings. The van der Waals surface area contributed by atoms with Crippen molar-refractivity contribution in [3.8, 4) is 0 Å². The Balaban J connectivity index is 2.04. The standard InChI is InChI=1S/C16H18N2O2S/c1-11-4-6-12(7-5-11)18-13(20-2)10-16(15(18)19)8-9-17-14(16)21-3/h4-7,10H,8-9H2,1-3H3. The molecular formula is C16H18N2O2S. The number of anilines is 1. The SMILES string of the molecule is COC1=CC2(CCN=C2SC)C(=O)N1c1ccc(C)cc1. The van der Waals surface area contributed by atoms with Crippen LogP contribution in [0, 0.1) is 12.3 Å². The lowest BCUT2D eigenvalue weighted by Gasteiger charge is -2.24. The molecule has 4 nitrogen and oxygen atoms in total. The maximum absolute atomic E-state index is 13.1. The van der Waals surface area contributed by atoms with Crippen LogP contribution in [0.1, 0.15) is 12.0 Å². The van der Waals surface area contributed by atoms with Crippen molar-refractivity contribution in [3.63, 3.8) is 0 Å². The van der Waals surface area contributed by atoms with Gasteiger partial charge in [0.25, 0.3) is 5.91 Å². The van der Waals surface area contributed by atoms with E-state index in [4.69, 9.17) is 4.74 Å². The van der Waals surface area contributed by atoms with E-state index >= 15 is 0 Å². The third-order valence-corrected chi connectivity index (χ3v) is 4.89. The van der Waals surface area contributed by atoms with Crippen LogP contribution in [0.3, 0.4) is 0 Å². The molecule has 1 aromatic carbocycles. The molecule has 0 aromatic heterocycles. The van der Waals surface area contributed by atoms with Crippen LogP contribution in [0.15, 0.2) is 41.2 Å². The van der Waals surface area contributed by atoms with Crippen molar-refractivity contribution in [2.24, 2.45) is 10.4 Å². The van der Waals surface area contributed by atoms with Crippen molar-refractivity contribution in [1.29, 1.82) is 0 Å². The number of hydrogen-bond donors (Lipinski definition) is 0. The fourth-order valence-electron chi connectivity index (χ4n) is 2.89. The molecule has 1 atom stereocenters. The van der Waals surface area contributed by atoms with Gasteiger partial charge in [0.1, 0.15) is 5.41 Å². The van der Waals surface area contributed by atoms with E-state index in [9.17, 15) is 4.79 Å². The summed E-state index contributed by atoms with van der Waals surface area (Å²) in [6.07, 6.45) is 4.61. The third-order valence-electron chi connectivity index (χ3n) is 4.01. The molecule has 1 spiro atoms. The summed E-state index contributed by atoms with van der Waals surface area (Å²) in [5.74, 6) is 0.626. The fourth-order valence-corrected chi connectivity index (χ4v) is 3.72. The largest absolute Gasteiger partial charge is 0.482 e. The number of aryl methyl sites for hydroxylation is 1. The summed E-state index contributed by atoms with van der Waals surface area (Å²) in [5.41, 5.74) is 1.37. The van der Waals surface area contributed by atoms with Crippen LogP contribution >= 0.6 is 11.8 Å². The molecule has 0 radical (unpaired) electrons. The van der Waals surface area contributed by atoms with Gasteiger partial charge in [-0.2, -0.15) is 0 Å². The number of benzene rings is 1. The number of ether oxygens (including phenoxy) is 1. The summed E-state index contributed by atoms with van der Waals surface area (Å²) in [7, 11) is 1.60. The Kier molecular flexibility index (Phi) is 3.53. The van der Waals surface area contributed by atoms with Crippen LogP contribution in [0.25, 0.3) is 0 Å². The summed E-state index contributed by atoms with van der Waals surface area (Å²) in [6, 6.07) is 7.89. The minimum atomic E-state index is -0.629. The molecule has 2 aliphatic heterocycles. The number of amides is 1. The monoisotopic (exact) mass is 302 g/mol. The quantitative estimate of drug-likeness (QED) is 0.843. The highest BCUT2D eigenvalue weighted by atomic mass is 32.2. The highest BCUT2D eigenvalue weighted by Gasteiger charge is 2.53. The second kappa shape index (κ2) is 5.22. The fraction of sp³-hybridized carbons (Fsp3) is 0.375. The molecule has 1 amide bonds. The topological polar surface area (TPSA) is 41.9 Å². The molecule has 1 aromatic rings. The zero-order valence-electron chi connectivity index (χ0n) is 12.4. The first kappa shape index (κ1) is 14.2. The number of nitrogens with zero attached hydrogens (tertiary/aromatic N) is 2. The first-order chi connectivity index (χ1) is 10.1. The highest BCUT2D eigenvalue weighted by molar-refractivity contribution is 8.13. The molecule has 0 fully saturated rings. The minimum absolute atomic E-state index is 0.0359. The van der Waals surface area contributed by atoms with Gasteiger partial charge in [-0.25, -0.2) is 0 Å². The second-order valence-electron chi connectivity index (χ2n) is 5.28. The lowest BCUT2D eigenvalue weighted by Crippen LogP contribution is -2.39. The summed E-state index contributed by atoms with van der Waals surface area (Å²) < 4.78 is 5.46. The predicted molar refractivity (Wildman–Crippen MR) is 86.6 cm³/mol. The van der Waals surface area contributed by atoms with Gasteiger partial charge in [0, 0.05) is 6.54 Å². The zero-order valence-corrected chi connectivity index (χ0v) is 13.2. The zero-order chi connectivity index (χ0) is 15.0. The van der Waals surface area contributed by atoms with E-state index in [1.165, 1.54) is 0 Å². The summed E-state index contributed by atoms with van der Waals surface area (Å²) >= 11 is 1.55. The average molecular weight is 302 g/mol. The molecule has 2 heterocycles. The first-order valence-corrected chi connectivity index (χ1v) is 8.12. The minimum Gasteiger partial charge on any atom is -0.482 e. The van der Waals surface area contributed by atoms with Crippen LogP contribution in [0.2, 0.25) is 0 Å². The van der Waals surface area contributed by atoms with E-state index in [1.807, 2.05) is 43.5 Å². The summed E-state index contributed by atoms with van der Waals surface area (Å²) in [4.78, 5) is 19.2.